The number of hydrogen-bond acceptors (Lipinski definition) is 6. The number of ketones is 1. The van der Waals surface area contributed by atoms with E-state index < -0.39 is 88.8 Å². The summed E-state index contributed by atoms with van der Waals surface area (Å²) in [7, 11) is 0. The Morgan fingerprint density at radius 2 is 1.79 bits per heavy atom. The van der Waals surface area contributed by atoms with Crippen LogP contribution in [-0.2, 0) is 24.0 Å². The summed E-state index contributed by atoms with van der Waals surface area (Å²) in [5, 5.41) is 10.3. The van der Waals surface area contributed by atoms with Gasteiger partial charge in [0.05, 0.1) is 17.6 Å². The molecule has 2 aromatic carbocycles. The number of carbonyl (C=O) groups excluding carboxylic acids is 5. The van der Waals surface area contributed by atoms with E-state index in [1.165, 1.54) is 12.1 Å². The Kier molecular flexibility index (Phi) is 9.63. The van der Waals surface area contributed by atoms with Gasteiger partial charge in [-0.25, -0.2) is 8.78 Å². The zero-order valence-electron chi connectivity index (χ0n) is 23.5. The van der Waals surface area contributed by atoms with Gasteiger partial charge in [0.1, 0.15) is 18.5 Å². The van der Waals surface area contributed by atoms with Crippen molar-refractivity contribution >= 4 is 46.7 Å². The molecule has 14 heteroatoms. The average molecular weight is 623 g/mol. The van der Waals surface area contributed by atoms with Crippen LogP contribution < -0.4 is 26.0 Å². The number of rotatable bonds is 6. The van der Waals surface area contributed by atoms with Gasteiger partial charge in [-0.1, -0.05) is 25.4 Å². The van der Waals surface area contributed by atoms with Crippen molar-refractivity contribution < 1.29 is 41.9 Å². The Morgan fingerprint density at radius 3 is 2.47 bits per heavy atom. The summed E-state index contributed by atoms with van der Waals surface area (Å²) in [6.45, 7) is 4.37. The molecule has 43 heavy (non-hydrogen) atoms. The highest BCUT2D eigenvalue weighted by Gasteiger charge is 2.41. The molecule has 0 aliphatic carbocycles. The Morgan fingerprint density at radius 1 is 1.07 bits per heavy atom. The first kappa shape index (κ1) is 31.8. The molecule has 2 aliphatic heterocycles. The minimum atomic E-state index is -1.53. The lowest BCUT2D eigenvalue weighted by atomic mass is 9.91. The minimum absolute atomic E-state index is 0.0761. The zero-order chi connectivity index (χ0) is 31.6. The Balaban J connectivity index is 1.51. The van der Waals surface area contributed by atoms with E-state index in [1.54, 1.807) is 26.8 Å². The summed E-state index contributed by atoms with van der Waals surface area (Å²) in [6, 6.07) is 1.35. The molecule has 2 heterocycles. The second-order valence-corrected chi connectivity index (χ2v) is 11.4. The van der Waals surface area contributed by atoms with Crippen molar-refractivity contribution in [3.05, 3.63) is 57.9 Å². The zero-order valence-corrected chi connectivity index (χ0v) is 24.2. The second kappa shape index (κ2) is 13.0. The van der Waals surface area contributed by atoms with E-state index in [4.69, 9.17) is 16.3 Å². The number of ether oxygens (including phenoxy) is 1. The highest BCUT2D eigenvalue weighted by atomic mass is 35.5. The monoisotopic (exact) mass is 622 g/mol. The number of halogens is 4. The molecule has 2 aromatic rings. The topological polar surface area (TPSA) is 143 Å². The first-order chi connectivity index (χ1) is 20.2. The van der Waals surface area contributed by atoms with Crippen molar-refractivity contribution in [1.82, 2.24) is 16.0 Å². The van der Waals surface area contributed by atoms with Crippen LogP contribution in [0.2, 0.25) is 5.02 Å². The van der Waals surface area contributed by atoms with Crippen molar-refractivity contribution in [3.63, 3.8) is 0 Å². The Labute approximate surface area is 250 Å². The quantitative estimate of drug-likeness (QED) is 0.288. The molecule has 4 atom stereocenters. The summed E-state index contributed by atoms with van der Waals surface area (Å²) >= 11 is 5.93. The fourth-order valence-corrected chi connectivity index (χ4v) is 5.36. The van der Waals surface area contributed by atoms with Crippen molar-refractivity contribution in [2.75, 3.05) is 11.9 Å². The summed E-state index contributed by atoms with van der Waals surface area (Å²) in [5.74, 6) is -10.4. The molecule has 4 N–H and O–H groups in total. The lowest BCUT2D eigenvalue weighted by molar-refractivity contribution is -0.138. The fourth-order valence-electron chi connectivity index (χ4n) is 5.13. The lowest BCUT2D eigenvalue weighted by Crippen LogP contribution is -2.54. The summed E-state index contributed by atoms with van der Waals surface area (Å²) < 4.78 is 48.5. The molecular weight excluding hydrogens is 593 g/mol. The molecule has 2 bridgehead atoms. The van der Waals surface area contributed by atoms with E-state index in [1.807, 2.05) is 0 Å². The van der Waals surface area contributed by atoms with E-state index in [2.05, 4.69) is 21.3 Å². The molecule has 1 saturated heterocycles. The van der Waals surface area contributed by atoms with Crippen LogP contribution in [0.5, 0.6) is 5.75 Å². The summed E-state index contributed by atoms with van der Waals surface area (Å²) in [6.07, 6.45) is -0.186. The molecule has 10 nitrogen and oxygen atoms in total. The van der Waals surface area contributed by atoms with Crippen LogP contribution in [0.3, 0.4) is 0 Å². The molecule has 230 valence electrons. The van der Waals surface area contributed by atoms with Gasteiger partial charge in [0.25, 0.3) is 0 Å². The van der Waals surface area contributed by atoms with E-state index >= 15 is 0 Å². The van der Waals surface area contributed by atoms with Crippen LogP contribution in [0.15, 0.2) is 24.3 Å². The van der Waals surface area contributed by atoms with Gasteiger partial charge in [-0.3, -0.25) is 24.0 Å². The van der Waals surface area contributed by atoms with Gasteiger partial charge < -0.3 is 26.0 Å². The number of aryl methyl sites for hydroxylation is 1. The predicted octanol–water partition coefficient (Wildman–Crippen LogP) is 3.25. The summed E-state index contributed by atoms with van der Waals surface area (Å²) in [4.78, 5) is 64.6. The molecule has 0 radical (unpaired) electrons. The van der Waals surface area contributed by atoms with Crippen LogP contribution in [0.25, 0.3) is 0 Å². The lowest BCUT2D eigenvalue weighted by Gasteiger charge is -2.26. The van der Waals surface area contributed by atoms with E-state index in [9.17, 15) is 37.1 Å². The molecule has 0 spiro atoms. The third-order valence-corrected chi connectivity index (χ3v) is 7.51. The number of carbonyl (C=O) groups is 5. The molecule has 4 amide bonds. The number of amides is 4. The predicted molar refractivity (Wildman–Crippen MR) is 149 cm³/mol. The van der Waals surface area contributed by atoms with Crippen molar-refractivity contribution in [2.24, 2.45) is 11.8 Å². The Hall–Kier alpha value is -4.13. The van der Waals surface area contributed by atoms with Crippen LogP contribution in [0.4, 0.5) is 18.9 Å². The molecule has 2 aliphatic rings. The number of anilines is 1. The molecular formula is C29H30ClF3N4O6. The normalized spacial score (nSPS) is 20.4. The minimum Gasteiger partial charge on any atom is -0.482 e. The second-order valence-electron chi connectivity index (χ2n) is 11.0. The van der Waals surface area contributed by atoms with Crippen LogP contribution in [0.1, 0.15) is 50.3 Å². The third-order valence-electron chi connectivity index (χ3n) is 7.28. The van der Waals surface area contributed by atoms with Crippen LogP contribution in [0, 0.1) is 36.2 Å². The molecule has 4 rings (SSSR count). The van der Waals surface area contributed by atoms with Gasteiger partial charge in [-0.15, -0.1) is 0 Å². The van der Waals surface area contributed by atoms with Crippen LogP contribution >= 0.6 is 11.6 Å². The number of nitrogens with one attached hydrogen (secondary N) is 4. The third kappa shape index (κ3) is 7.27. The van der Waals surface area contributed by atoms with Gasteiger partial charge in [-0.2, -0.15) is 4.39 Å². The smallest absolute Gasteiger partial charge is 0.313 e. The number of benzene rings is 2. The van der Waals surface area contributed by atoms with E-state index in [0.717, 1.165) is 0 Å². The standard InChI is InChI=1S/C29H30ClF3N4O6/c1-12(2)6-21(37-29(42)28(41)34-18-5-4-15(30)7-13(18)3)27(40)35-19-8-14-9-20(36-26(14)39)23-16(31)10-17(32)24(33)25(23)43-11-22(19)38/h4-5,7,10,12,14,19-21H,6,8-9,11H2,1-3H3,(H,34,41)(H,35,40)(H,36,39)(H,37,42)/t14-,19+,20?,21+/m1/s1. The summed E-state index contributed by atoms with van der Waals surface area (Å²) in [5.41, 5.74) is 0.539. The molecule has 1 fully saturated rings. The maximum atomic E-state index is 14.7. The van der Waals surface area contributed by atoms with Gasteiger partial charge in [0.15, 0.2) is 17.3 Å². The number of hydrogen-bond donors (Lipinski definition) is 4. The van der Waals surface area contributed by atoms with Crippen molar-refractivity contribution in [3.8, 4) is 5.75 Å². The first-order valence-electron chi connectivity index (χ1n) is 13.6. The van der Waals surface area contributed by atoms with Gasteiger partial charge in [-0.05, 0) is 55.9 Å². The molecule has 0 aromatic heterocycles. The highest BCUT2D eigenvalue weighted by Crippen LogP contribution is 2.40. The van der Waals surface area contributed by atoms with Crippen molar-refractivity contribution in [1.29, 1.82) is 0 Å². The number of Topliss-reactive ketones (excluding diaryl/α,β-unsaturated/α-hetero) is 1. The highest BCUT2D eigenvalue weighted by molar-refractivity contribution is 6.40. The van der Waals surface area contributed by atoms with Gasteiger partial charge in [0.2, 0.25) is 17.6 Å². The molecule has 0 saturated carbocycles. The maximum Gasteiger partial charge on any atom is 0.313 e. The fraction of sp³-hybridized carbons (Fsp3) is 0.414. The van der Waals surface area contributed by atoms with Crippen LogP contribution in [-0.4, -0.2) is 48.1 Å². The SMILES string of the molecule is Cc1cc(Cl)ccc1NC(=O)C(=O)N[C@@H](CC(C)C)C(=O)N[C@H]1C[C@@H]2CC(NC2=O)c2c(F)cc(F)c(F)c2OCC1=O. The molecule has 1 unspecified atom stereocenters. The van der Waals surface area contributed by atoms with Gasteiger partial charge in [0, 0.05) is 22.7 Å². The first-order valence-corrected chi connectivity index (χ1v) is 13.9. The number of fused-ring (bicyclic) bond motifs is 4. The van der Waals surface area contributed by atoms with Gasteiger partial charge >= 0.3 is 11.8 Å². The maximum absolute atomic E-state index is 14.7. The largest absolute Gasteiger partial charge is 0.482 e. The van der Waals surface area contributed by atoms with Crippen molar-refractivity contribution in [2.45, 2.75) is 58.2 Å². The van der Waals surface area contributed by atoms with E-state index in [0.29, 0.717) is 22.3 Å². The van der Waals surface area contributed by atoms with E-state index in [-0.39, 0.29) is 25.2 Å². The average Bonchev–Trinajstić information content (AvgIpc) is 3.28. The Bertz CT molecular complexity index is 1490.